The van der Waals surface area contributed by atoms with E-state index in [0.29, 0.717) is 22.7 Å². The molecule has 134 valence electrons. The molecular formula is C19H18BrN3O3. The van der Waals surface area contributed by atoms with Crippen LogP contribution in [0.1, 0.15) is 18.5 Å². The fourth-order valence-corrected chi connectivity index (χ4v) is 3.06. The van der Waals surface area contributed by atoms with Gasteiger partial charge in [0.1, 0.15) is 5.75 Å². The van der Waals surface area contributed by atoms with Gasteiger partial charge in [-0.1, -0.05) is 28.1 Å². The van der Waals surface area contributed by atoms with Gasteiger partial charge in [0.2, 0.25) is 0 Å². The molecule has 0 aliphatic carbocycles. The molecule has 0 aromatic heterocycles. The largest absolute Gasteiger partial charge is 0.497 e. The first-order valence-electron chi connectivity index (χ1n) is 7.97. The molecule has 0 saturated heterocycles. The molecule has 1 aliphatic heterocycles. The number of nitrogens with one attached hydrogen (secondary N) is 3. The first kappa shape index (κ1) is 18.0. The number of urea groups is 1. The van der Waals surface area contributed by atoms with Gasteiger partial charge in [-0.3, -0.25) is 4.79 Å². The Morgan fingerprint density at radius 3 is 2.62 bits per heavy atom. The van der Waals surface area contributed by atoms with Crippen LogP contribution in [-0.2, 0) is 4.79 Å². The van der Waals surface area contributed by atoms with Crippen molar-refractivity contribution in [1.29, 1.82) is 0 Å². The number of ether oxygens (including phenoxy) is 1. The third-order valence-electron chi connectivity index (χ3n) is 4.04. The van der Waals surface area contributed by atoms with Crippen LogP contribution in [0.5, 0.6) is 5.75 Å². The number of benzene rings is 2. The summed E-state index contributed by atoms with van der Waals surface area (Å²) < 4.78 is 6.18. The van der Waals surface area contributed by atoms with Gasteiger partial charge < -0.3 is 20.7 Å². The van der Waals surface area contributed by atoms with Crippen molar-refractivity contribution in [3.8, 4) is 5.75 Å². The van der Waals surface area contributed by atoms with Gasteiger partial charge in [-0.15, -0.1) is 0 Å². The highest BCUT2D eigenvalue weighted by Crippen LogP contribution is 2.29. The Bertz CT molecular complexity index is 878. The highest BCUT2D eigenvalue weighted by molar-refractivity contribution is 9.10. The second kappa shape index (κ2) is 7.61. The molecule has 6 nitrogen and oxygen atoms in total. The van der Waals surface area contributed by atoms with Crippen LogP contribution in [0.25, 0.3) is 0 Å². The zero-order chi connectivity index (χ0) is 18.7. The molecule has 3 amide bonds. The molecule has 0 bridgehead atoms. The van der Waals surface area contributed by atoms with Crippen LogP contribution in [0.15, 0.2) is 64.3 Å². The average Bonchev–Trinajstić information content (AvgIpc) is 2.63. The van der Waals surface area contributed by atoms with E-state index in [-0.39, 0.29) is 11.9 Å². The topological polar surface area (TPSA) is 79.5 Å². The minimum absolute atomic E-state index is 0.287. The van der Waals surface area contributed by atoms with E-state index in [2.05, 4.69) is 31.9 Å². The summed E-state index contributed by atoms with van der Waals surface area (Å²) in [6.07, 6.45) is 0. The van der Waals surface area contributed by atoms with Gasteiger partial charge in [-0.05, 0) is 48.9 Å². The van der Waals surface area contributed by atoms with E-state index in [9.17, 15) is 9.59 Å². The molecule has 1 aliphatic rings. The second-order valence-corrected chi connectivity index (χ2v) is 6.72. The van der Waals surface area contributed by atoms with E-state index in [0.717, 1.165) is 10.0 Å². The molecule has 7 heteroatoms. The maximum atomic E-state index is 12.9. The number of anilines is 1. The fraction of sp³-hybridized carbons (Fsp3) is 0.158. The van der Waals surface area contributed by atoms with E-state index in [1.807, 2.05) is 30.3 Å². The van der Waals surface area contributed by atoms with Crippen molar-refractivity contribution in [3.05, 3.63) is 69.8 Å². The minimum atomic E-state index is -0.575. The highest BCUT2D eigenvalue weighted by Gasteiger charge is 2.31. The summed E-state index contributed by atoms with van der Waals surface area (Å²) in [5.74, 6) is 0.366. The Morgan fingerprint density at radius 1 is 1.19 bits per heavy atom. The van der Waals surface area contributed by atoms with E-state index in [4.69, 9.17) is 4.74 Å². The lowest BCUT2D eigenvalue weighted by Gasteiger charge is -2.28. The lowest BCUT2D eigenvalue weighted by atomic mass is 9.94. The average molecular weight is 416 g/mol. The Kier molecular flexibility index (Phi) is 5.27. The number of methoxy groups -OCH3 is 1. The number of hydrogen-bond donors (Lipinski definition) is 3. The van der Waals surface area contributed by atoms with Crippen molar-refractivity contribution in [3.63, 3.8) is 0 Å². The molecule has 0 unspecified atom stereocenters. The number of halogens is 1. The van der Waals surface area contributed by atoms with Crippen molar-refractivity contribution >= 4 is 33.6 Å². The fourth-order valence-electron chi connectivity index (χ4n) is 2.80. The predicted octanol–water partition coefficient (Wildman–Crippen LogP) is 3.72. The third-order valence-corrected chi connectivity index (χ3v) is 4.57. The first-order valence-corrected chi connectivity index (χ1v) is 8.76. The quantitative estimate of drug-likeness (QED) is 0.711. The zero-order valence-corrected chi connectivity index (χ0v) is 15.9. The van der Waals surface area contributed by atoms with Gasteiger partial charge >= 0.3 is 6.03 Å². The molecule has 0 saturated carbocycles. The van der Waals surface area contributed by atoms with Crippen LogP contribution in [0.4, 0.5) is 10.5 Å². The summed E-state index contributed by atoms with van der Waals surface area (Å²) >= 11 is 3.37. The maximum absolute atomic E-state index is 12.9. The number of rotatable bonds is 4. The maximum Gasteiger partial charge on any atom is 0.319 e. The first-order chi connectivity index (χ1) is 12.5. The normalized spacial score (nSPS) is 16.6. The summed E-state index contributed by atoms with van der Waals surface area (Å²) in [6, 6.07) is 13.6. The van der Waals surface area contributed by atoms with Gasteiger partial charge in [0, 0.05) is 15.9 Å². The Morgan fingerprint density at radius 2 is 1.92 bits per heavy atom. The SMILES string of the molecule is COc1cccc([C@@H]2NC(=O)NC(C)=C2C(=O)Nc2ccc(Br)cc2)c1. The summed E-state index contributed by atoms with van der Waals surface area (Å²) in [6.45, 7) is 1.71. The van der Waals surface area contributed by atoms with Crippen molar-refractivity contribution in [2.75, 3.05) is 12.4 Å². The molecule has 3 rings (SSSR count). The smallest absolute Gasteiger partial charge is 0.319 e. The molecule has 2 aromatic rings. The third kappa shape index (κ3) is 3.88. The summed E-state index contributed by atoms with van der Waals surface area (Å²) in [5, 5.41) is 8.34. The van der Waals surface area contributed by atoms with Crippen LogP contribution < -0.4 is 20.7 Å². The Balaban J connectivity index is 1.94. The van der Waals surface area contributed by atoms with Crippen molar-refractivity contribution in [2.45, 2.75) is 13.0 Å². The highest BCUT2D eigenvalue weighted by atomic mass is 79.9. The van der Waals surface area contributed by atoms with E-state index in [1.165, 1.54) is 0 Å². The zero-order valence-electron chi connectivity index (χ0n) is 14.3. The van der Waals surface area contributed by atoms with Gasteiger partial charge in [0.15, 0.2) is 0 Å². The molecule has 0 spiro atoms. The summed E-state index contributed by atoms with van der Waals surface area (Å²) in [7, 11) is 1.57. The summed E-state index contributed by atoms with van der Waals surface area (Å²) in [5.41, 5.74) is 2.39. The summed E-state index contributed by atoms with van der Waals surface area (Å²) in [4.78, 5) is 24.9. The van der Waals surface area contributed by atoms with Gasteiger partial charge in [-0.2, -0.15) is 0 Å². The van der Waals surface area contributed by atoms with Crippen molar-refractivity contribution < 1.29 is 14.3 Å². The predicted molar refractivity (Wildman–Crippen MR) is 103 cm³/mol. The number of carbonyl (C=O) groups is 2. The lowest BCUT2D eigenvalue weighted by Crippen LogP contribution is -2.45. The lowest BCUT2D eigenvalue weighted by molar-refractivity contribution is -0.113. The molecule has 3 N–H and O–H groups in total. The van der Waals surface area contributed by atoms with Crippen molar-refractivity contribution in [1.82, 2.24) is 10.6 Å². The second-order valence-electron chi connectivity index (χ2n) is 5.81. The molecule has 26 heavy (non-hydrogen) atoms. The number of amides is 3. The number of carbonyl (C=O) groups excluding carboxylic acids is 2. The van der Waals surface area contributed by atoms with Crippen LogP contribution in [-0.4, -0.2) is 19.0 Å². The van der Waals surface area contributed by atoms with E-state index >= 15 is 0 Å². The van der Waals surface area contributed by atoms with E-state index < -0.39 is 6.04 Å². The Labute approximate surface area is 159 Å². The molecule has 0 fully saturated rings. The van der Waals surface area contributed by atoms with Crippen LogP contribution >= 0.6 is 15.9 Å². The molecule has 1 heterocycles. The minimum Gasteiger partial charge on any atom is -0.497 e. The van der Waals surface area contributed by atoms with Crippen molar-refractivity contribution in [2.24, 2.45) is 0 Å². The van der Waals surface area contributed by atoms with Crippen LogP contribution in [0.3, 0.4) is 0 Å². The van der Waals surface area contributed by atoms with Gasteiger partial charge in [0.25, 0.3) is 5.91 Å². The molecule has 0 radical (unpaired) electrons. The standard InChI is InChI=1S/C19H18BrN3O3/c1-11-16(18(24)22-14-8-6-13(20)7-9-14)17(23-19(25)21-11)12-4-3-5-15(10-12)26-2/h3-10,17H,1-2H3,(H,22,24)(H2,21,23,25)/t17-/m0/s1. The van der Waals surface area contributed by atoms with Gasteiger partial charge in [0.05, 0.1) is 18.7 Å². The van der Waals surface area contributed by atoms with Crippen LogP contribution in [0, 0.1) is 0 Å². The van der Waals surface area contributed by atoms with Gasteiger partial charge in [-0.25, -0.2) is 4.79 Å². The molecule has 1 atom stereocenters. The van der Waals surface area contributed by atoms with Crippen LogP contribution in [0.2, 0.25) is 0 Å². The Hall–Kier alpha value is -2.80. The molecule has 2 aromatic carbocycles. The van der Waals surface area contributed by atoms with E-state index in [1.54, 1.807) is 32.2 Å². The number of allylic oxidation sites excluding steroid dienone is 1. The number of hydrogen-bond acceptors (Lipinski definition) is 3. The molecular weight excluding hydrogens is 398 g/mol. The monoisotopic (exact) mass is 415 g/mol.